The molecular weight excluding hydrogens is 316 g/mol. The van der Waals surface area contributed by atoms with Gasteiger partial charge in [0, 0.05) is 41.4 Å². The number of aliphatic hydroxyl groups is 1. The van der Waals surface area contributed by atoms with E-state index in [1.165, 1.54) is 38.0 Å². The summed E-state index contributed by atoms with van der Waals surface area (Å²) in [7, 11) is 0. The Morgan fingerprint density at radius 2 is 2.05 bits per heavy atom. The third kappa shape index (κ3) is 2.87. The van der Waals surface area contributed by atoms with Crippen LogP contribution in [0.25, 0.3) is 0 Å². The summed E-state index contributed by atoms with van der Waals surface area (Å²) in [6.07, 6.45) is 3.44. The van der Waals surface area contributed by atoms with Gasteiger partial charge in [-0.05, 0) is 50.9 Å². The molecule has 2 heterocycles. The Balaban J connectivity index is 1.87. The normalized spacial score (nSPS) is 25.4. The van der Waals surface area contributed by atoms with Crippen LogP contribution < -0.4 is 4.90 Å². The zero-order valence-corrected chi connectivity index (χ0v) is 13.6. The number of hydrogen-bond acceptors (Lipinski definition) is 3. The third-order valence-electron chi connectivity index (χ3n) is 4.58. The number of nitrogens with zero attached hydrogens (tertiary/aromatic N) is 2. The van der Waals surface area contributed by atoms with Crippen molar-refractivity contribution in [3.8, 4) is 0 Å². The van der Waals surface area contributed by atoms with Gasteiger partial charge in [0.2, 0.25) is 0 Å². The molecule has 0 aliphatic carbocycles. The lowest BCUT2D eigenvalue weighted by Gasteiger charge is -2.29. The number of benzene rings is 1. The average Bonchev–Trinajstić information content (AvgIpc) is 2.76. The lowest BCUT2D eigenvalue weighted by atomic mass is 10.1. The highest BCUT2D eigenvalue weighted by molar-refractivity contribution is 9.10. The molecular formula is C16H23BrN2O. The van der Waals surface area contributed by atoms with Gasteiger partial charge in [-0.1, -0.05) is 15.9 Å². The largest absolute Gasteiger partial charge is 0.389 e. The van der Waals surface area contributed by atoms with Crippen molar-refractivity contribution >= 4 is 21.6 Å². The van der Waals surface area contributed by atoms with Gasteiger partial charge >= 0.3 is 0 Å². The van der Waals surface area contributed by atoms with Gasteiger partial charge in [-0.25, -0.2) is 0 Å². The predicted octanol–water partition coefficient (Wildman–Crippen LogP) is 3.18. The molecule has 1 N–H and O–H groups in total. The minimum absolute atomic E-state index is 0.426. The van der Waals surface area contributed by atoms with Crippen LogP contribution in [0.15, 0.2) is 22.7 Å². The van der Waals surface area contributed by atoms with E-state index in [0.29, 0.717) is 6.04 Å². The molecule has 0 bridgehead atoms. The van der Waals surface area contributed by atoms with Gasteiger partial charge in [0.05, 0.1) is 6.10 Å². The molecule has 0 saturated carbocycles. The van der Waals surface area contributed by atoms with Crippen molar-refractivity contribution in [2.45, 2.75) is 38.3 Å². The van der Waals surface area contributed by atoms with Crippen LogP contribution in [0.1, 0.15) is 37.9 Å². The maximum Gasteiger partial charge on any atom is 0.0782 e. The number of hydrogen-bond donors (Lipinski definition) is 1. The topological polar surface area (TPSA) is 26.7 Å². The summed E-state index contributed by atoms with van der Waals surface area (Å²) in [6.45, 7) is 6.53. The van der Waals surface area contributed by atoms with Gasteiger partial charge in [-0.3, -0.25) is 4.90 Å². The quantitative estimate of drug-likeness (QED) is 0.897. The molecule has 2 unspecified atom stereocenters. The molecule has 1 aromatic carbocycles. The van der Waals surface area contributed by atoms with Gasteiger partial charge in [-0.15, -0.1) is 0 Å². The number of anilines is 1. The second-order valence-electron chi connectivity index (χ2n) is 6.01. The third-order valence-corrected chi connectivity index (χ3v) is 5.08. The van der Waals surface area contributed by atoms with E-state index < -0.39 is 6.10 Å². The molecule has 2 saturated heterocycles. The van der Waals surface area contributed by atoms with Crippen LogP contribution in [0.5, 0.6) is 0 Å². The van der Waals surface area contributed by atoms with Crippen LogP contribution in [-0.4, -0.2) is 42.2 Å². The average molecular weight is 339 g/mol. The second kappa shape index (κ2) is 6.04. The van der Waals surface area contributed by atoms with Crippen LogP contribution >= 0.6 is 15.9 Å². The molecule has 20 heavy (non-hydrogen) atoms. The lowest BCUT2D eigenvalue weighted by molar-refractivity contribution is 0.199. The van der Waals surface area contributed by atoms with Crippen molar-refractivity contribution < 1.29 is 5.11 Å². The van der Waals surface area contributed by atoms with Crippen molar-refractivity contribution in [2.24, 2.45) is 0 Å². The van der Waals surface area contributed by atoms with E-state index >= 15 is 0 Å². The van der Waals surface area contributed by atoms with Crippen LogP contribution in [0.3, 0.4) is 0 Å². The Bertz CT molecular complexity index is 478. The van der Waals surface area contributed by atoms with Gasteiger partial charge in [0.1, 0.15) is 0 Å². The molecule has 0 aromatic heterocycles. The summed E-state index contributed by atoms with van der Waals surface area (Å²) in [5.74, 6) is 0. The van der Waals surface area contributed by atoms with Crippen molar-refractivity contribution in [3.05, 3.63) is 28.2 Å². The fourth-order valence-corrected chi connectivity index (χ4v) is 3.95. The van der Waals surface area contributed by atoms with Crippen LogP contribution in [0.2, 0.25) is 0 Å². The van der Waals surface area contributed by atoms with Gasteiger partial charge in [0.25, 0.3) is 0 Å². The van der Waals surface area contributed by atoms with E-state index in [1.807, 2.05) is 6.92 Å². The fraction of sp³-hybridized carbons (Fsp3) is 0.625. The molecule has 110 valence electrons. The minimum atomic E-state index is -0.426. The number of halogens is 1. The Morgan fingerprint density at radius 3 is 2.85 bits per heavy atom. The van der Waals surface area contributed by atoms with Crippen LogP contribution in [0.4, 0.5) is 5.69 Å². The molecule has 3 rings (SSSR count). The summed E-state index contributed by atoms with van der Waals surface area (Å²) in [5, 5.41) is 10.1. The Kier molecular flexibility index (Phi) is 4.34. The number of aliphatic hydroxyl groups excluding tert-OH is 1. The van der Waals surface area contributed by atoms with Gasteiger partial charge in [-0.2, -0.15) is 0 Å². The van der Waals surface area contributed by atoms with Crippen molar-refractivity contribution in [2.75, 3.05) is 31.1 Å². The molecule has 0 amide bonds. The molecule has 4 heteroatoms. The summed E-state index contributed by atoms with van der Waals surface area (Å²) >= 11 is 3.51. The zero-order chi connectivity index (χ0) is 14.1. The number of rotatable bonds is 2. The maximum atomic E-state index is 10.1. The first kappa shape index (κ1) is 14.4. The monoisotopic (exact) mass is 338 g/mol. The highest BCUT2D eigenvalue weighted by Gasteiger charge is 2.29. The van der Waals surface area contributed by atoms with Crippen molar-refractivity contribution in [3.63, 3.8) is 0 Å². The first-order chi connectivity index (χ1) is 9.65. The Labute approximate surface area is 129 Å². The van der Waals surface area contributed by atoms with E-state index in [1.54, 1.807) is 0 Å². The zero-order valence-electron chi connectivity index (χ0n) is 12.1. The minimum Gasteiger partial charge on any atom is -0.389 e. The van der Waals surface area contributed by atoms with E-state index in [0.717, 1.165) is 23.1 Å². The Morgan fingerprint density at radius 1 is 1.25 bits per heavy atom. The standard InChI is InChI=1S/C16H23BrN2O/c1-12(20)15-10-13(17)5-6-16(15)19-9-3-8-18-7-2-4-14(18)11-19/h5-6,10,12,14,20H,2-4,7-9,11H2,1H3. The summed E-state index contributed by atoms with van der Waals surface area (Å²) in [4.78, 5) is 5.12. The predicted molar refractivity (Wildman–Crippen MR) is 86.2 cm³/mol. The lowest BCUT2D eigenvalue weighted by Crippen LogP contribution is -2.37. The van der Waals surface area contributed by atoms with E-state index in [2.05, 4.69) is 43.9 Å². The highest BCUT2D eigenvalue weighted by Crippen LogP contribution is 2.32. The SMILES string of the molecule is CC(O)c1cc(Br)ccc1N1CCCN2CCCC2C1. The smallest absolute Gasteiger partial charge is 0.0782 e. The molecule has 0 spiro atoms. The van der Waals surface area contributed by atoms with E-state index in [4.69, 9.17) is 0 Å². The maximum absolute atomic E-state index is 10.1. The first-order valence-corrected chi connectivity index (χ1v) is 8.41. The molecule has 2 aliphatic heterocycles. The van der Waals surface area contributed by atoms with E-state index in [9.17, 15) is 5.11 Å². The van der Waals surface area contributed by atoms with Crippen molar-refractivity contribution in [1.82, 2.24) is 4.90 Å². The number of fused-ring (bicyclic) bond motifs is 1. The summed E-state index contributed by atoms with van der Waals surface area (Å²) < 4.78 is 1.04. The van der Waals surface area contributed by atoms with Crippen LogP contribution in [-0.2, 0) is 0 Å². The van der Waals surface area contributed by atoms with Crippen LogP contribution in [0, 0.1) is 0 Å². The van der Waals surface area contributed by atoms with E-state index in [-0.39, 0.29) is 0 Å². The summed E-state index contributed by atoms with van der Waals surface area (Å²) in [6, 6.07) is 6.98. The Hall–Kier alpha value is -0.580. The molecule has 0 radical (unpaired) electrons. The van der Waals surface area contributed by atoms with Crippen molar-refractivity contribution in [1.29, 1.82) is 0 Å². The van der Waals surface area contributed by atoms with Gasteiger partial charge in [0.15, 0.2) is 0 Å². The molecule has 2 aliphatic rings. The summed E-state index contributed by atoms with van der Waals surface area (Å²) in [5.41, 5.74) is 2.24. The highest BCUT2D eigenvalue weighted by atomic mass is 79.9. The van der Waals surface area contributed by atoms with Gasteiger partial charge < -0.3 is 10.0 Å². The molecule has 2 atom stereocenters. The second-order valence-corrected chi connectivity index (χ2v) is 6.93. The molecule has 2 fully saturated rings. The first-order valence-electron chi connectivity index (χ1n) is 7.61. The fourth-order valence-electron chi connectivity index (χ4n) is 3.57. The molecule has 3 nitrogen and oxygen atoms in total. The molecule has 1 aromatic rings.